The van der Waals surface area contributed by atoms with Crippen molar-refractivity contribution in [2.75, 3.05) is 0 Å². The second kappa shape index (κ2) is 7.24. The summed E-state index contributed by atoms with van der Waals surface area (Å²) >= 11 is 1.27. The predicted molar refractivity (Wildman–Crippen MR) is 98.3 cm³/mol. The Balaban J connectivity index is 2.36. The third-order valence-electron chi connectivity index (χ3n) is 4.12. The summed E-state index contributed by atoms with van der Waals surface area (Å²) in [6, 6.07) is 4.02. The van der Waals surface area contributed by atoms with Crippen molar-refractivity contribution in [1.29, 1.82) is 5.26 Å². The van der Waals surface area contributed by atoms with Crippen LogP contribution in [0.4, 0.5) is 0 Å². The zero-order valence-electron chi connectivity index (χ0n) is 15.3. The van der Waals surface area contributed by atoms with Crippen molar-refractivity contribution in [1.82, 2.24) is 9.97 Å². The lowest BCUT2D eigenvalue weighted by Crippen LogP contribution is -2.16. The summed E-state index contributed by atoms with van der Waals surface area (Å²) in [5.41, 5.74) is 4.56. The van der Waals surface area contributed by atoms with Crippen molar-refractivity contribution >= 4 is 23.3 Å². The van der Waals surface area contributed by atoms with Crippen molar-refractivity contribution in [3.8, 4) is 6.07 Å². The number of aromatic amines is 1. The van der Waals surface area contributed by atoms with Gasteiger partial charge in [0.05, 0.1) is 16.5 Å². The molecular formula is C19H21N3O2S. The van der Waals surface area contributed by atoms with Gasteiger partial charge >= 0.3 is 0 Å². The molecule has 2 rings (SSSR count). The molecule has 2 aromatic rings. The number of pyridine rings is 1. The van der Waals surface area contributed by atoms with Crippen LogP contribution >= 0.6 is 11.8 Å². The van der Waals surface area contributed by atoms with Gasteiger partial charge in [-0.05, 0) is 58.7 Å². The highest BCUT2D eigenvalue weighted by atomic mass is 32.2. The lowest BCUT2D eigenvalue weighted by atomic mass is 10.0. The van der Waals surface area contributed by atoms with Gasteiger partial charge in [0.15, 0.2) is 11.6 Å². The van der Waals surface area contributed by atoms with Crippen molar-refractivity contribution < 1.29 is 9.59 Å². The quantitative estimate of drug-likeness (QED) is 0.645. The molecule has 0 saturated carbocycles. The lowest BCUT2D eigenvalue weighted by molar-refractivity contribution is 0.0988. The summed E-state index contributed by atoms with van der Waals surface area (Å²) in [6.07, 6.45) is 0. The molecule has 130 valence electrons. The van der Waals surface area contributed by atoms with Gasteiger partial charge in [-0.25, -0.2) is 4.98 Å². The number of H-pyrrole nitrogens is 1. The summed E-state index contributed by atoms with van der Waals surface area (Å²) in [6.45, 7) is 10.6. The molecule has 1 unspecified atom stereocenters. The molecule has 0 aromatic carbocycles. The fourth-order valence-corrected chi connectivity index (χ4v) is 4.05. The number of hydrogen-bond donors (Lipinski definition) is 1. The number of ketones is 2. The van der Waals surface area contributed by atoms with E-state index in [1.807, 2.05) is 19.9 Å². The number of hydrogen-bond acceptors (Lipinski definition) is 5. The number of carbonyl (C=O) groups is 2. The molecule has 0 saturated heterocycles. The molecule has 1 N–H and O–H groups in total. The lowest BCUT2D eigenvalue weighted by Gasteiger charge is -2.12. The highest BCUT2D eigenvalue weighted by Crippen LogP contribution is 2.30. The molecule has 0 radical (unpaired) electrons. The van der Waals surface area contributed by atoms with Crippen molar-refractivity contribution in [2.24, 2.45) is 0 Å². The number of aromatic nitrogens is 2. The molecule has 0 amide bonds. The molecule has 0 fully saturated rings. The maximum Gasteiger partial charge on any atom is 0.192 e. The first-order valence-corrected chi connectivity index (χ1v) is 8.84. The van der Waals surface area contributed by atoms with Gasteiger partial charge in [0.25, 0.3) is 0 Å². The van der Waals surface area contributed by atoms with E-state index in [2.05, 4.69) is 16.0 Å². The van der Waals surface area contributed by atoms with Gasteiger partial charge in [0, 0.05) is 17.0 Å². The zero-order valence-corrected chi connectivity index (χ0v) is 16.1. The van der Waals surface area contributed by atoms with Crippen LogP contribution in [-0.4, -0.2) is 26.8 Å². The van der Waals surface area contributed by atoms with Crippen molar-refractivity contribution in [3.05, 3.63) is 45.4 Å². The Morgan fingerprint density at radius 1 is 1.28 bits per heavy atom. The molecular weight excluding hydrogens is 334 g/mol. The number of thioether (sulfide) groups is 1. The normalized spacial score (nSPS) is 11.9. The van der Waals surface area contributed by atoms with Crippen LogP contribution in [0.25, 0.3) is 0 Å². The standard InChI is InChI=1S/C19H21N3O2S/c1-9-7-10(2)21-19(15(9)8-20)25-14(6)18(24)17-11(3)16(13(5)23)12(4)22-17/h7,14,22H,1-6H3. The van der Waals surface area contributed by atoms with Gasteiger partial charge in [0.1, 0.15) is 11.1 Å². The van der Waals surface area contributed by atoms with Gasteiger partial charge in [-0.15, -0.1) is 0 Å². The Labute approximate surface area is 151 Å². The summed E-state index contributed by atoms with van der Waals surface area (Å²) in [7, 11) is 0. The fourth-order valence-electron chi connectivity index (χ4n) is 2.97. The predicted octanol–water partition coefficient (Wildman–Crippen LogP) is 4.08. The van der Waals surface area contributed by atoms with E-state index < -0.39 is 5.25 Å². The van der Waals surface area contributed by atoms with Crippen molar-refractivity contribution in [3.63, 3.8) is 0 Å². The van der Waals surface area contributed by atoms with Crippen molar-refractivity contribution in [2.45, 2.75) is 51.8 Å². The molecule has 0 aliphatic rings. The summed E-state index contributed by atoms with van der Waals surface area (Å²) in [4.78, 5) is 32.1. The van der Waals surface area contributed by atoms with Crippen LogP contribution in [-0.2, 0) is 0 Å². The van der Waals surface area contributed by atoms with E-state index in [1.54, 1.807) is 20.8 Å². The maximum atomic E-state index is 12.9. The third kappa shape index (κ3) is 3.67. The van der Waals surface area contributed by atoms with Crippen LogP contribution in [0.5, 0.6) is 0 Å². The van der Waals surface area contributed by atoms with Crippen LogP contribution in [0, 0.1) is 39.0 Å². The van der Waals surface area contributed by atoms with Crippen LogP contribution in [0.1, 0.15) is 62.8 Å². The van der Waals surface area contributed by atoms with E-state index in [0.29, 0.717) is 33.1 Å². The van der Waals surface area contributed by atoms with E-state index in [0.717, 1.165) is 11.3 Å². The van der Waals surface area contributed by atoms with E-state index in [9.17, 15) is 14.9 Å². The first-order chi connectivity index (χ1) is 11.7. The number of nitrogens with one attached hydrogen (secondary N) is 1. The maximum absolute atomic E-state index is 12.9. The van der Waals surface area contributed by atoms with E-state index in [4.69, 9.17) is 0 Å². The van der Waals surface area contributed by atoms with E-state index >= 15 is 0 Å². The molecule has 1 atom stereocenters. The van der Waals surface area contributed by atoms with Gasteiger partial charge in [-0.1, -0.05) is 11.8 Å². The summed E-state index contributed by atoms with van der Waals surface area (Å²) in [5, 5.41) is 9.50. The minimum Gasteiger partial charge on any atom is -0.355 e. The van der Waals surface area contributed by atoms with Gasteiger partial charge in [-0.3, -0.25) is 9.59 Å². The third-order valence-corrected chi connectivity index (χ3v) is 5.20. The van der Waals surface area contributed by atoms with E-state index in [1.165, 1.54) is 18.7 Å². The minimum absolute atomic E-state index is 0.0617. The SMILES string of the molecule is CC(=O)c1c(C)[nH]c(C(=O)C(C)Sc2nc(C)cc(C)c2C#N)c1C. The second-order valence-electron chi connectivity index (χ2n) is 6.18. The first-order valence-electron chi connectivity index (χ1n) is 7.96. The molecule has 0 spiro atoms. The van der Waals surface area contributed by atoms with Crippen LogP contribution in [0.2, 0.25) is 0 Å². The zero-order chi connectivity index (χ0) is 18.9. The number of Topliss-reactive ketones (excluding diaryl/α,β-unsaturated/α-hetero) is 2. The molecule has 25 heavy (non-hydrogen) atoms. The largest absolute Gasteiger partial charge is 0.355 e. The Bertz CT molecular complexity index is 906. The molecule has 2 aromatic heterocycles. The second-order valence-corrected chi connectivity index (χ2v) is 7.51. The van der Waals surface area contributed by atoms with Gasteiger partial charge in [-0.2, -0.15) is 5.26 Å². The molecule has 0 aliphatic heterocycles. The minimum atomic E-state index is -0.433. The number of nitrogens with zero attached hydrogens (tertiary/aromatic N) is 2. The molecule has 5 nitrogen and oxygen atoms in total. The molecule has 6 heteroatoms. The number of aryl methyl sites for hydroxylation is 3. The van der Waals surface area contributed by atoms with Gasteiger partial charge < -0.3 is 4.98 Å². The first kappa shape index (κ1) is 18.9. The average molecular weight is 355 g/mol. The highest BCUT2D eigenvalue weighted by Gasteiger charge is 2.25. The Morgan fingerprint density at radius 2 is 1.92 bits per heavy atom. The molecule has 0 aliphatic carbocycles. The Hall–Kier alpha value is -2.39. The van der Waals surface area contributed by atoms with Crippen LogP contribution < -0.4 is 0 Å². The number of rotatable bonds is 5. The monoisotopic (exact) mass is 355 g/mol. The molecule has 0 bridgehead atoms. The smallest absolute Gasteiger partial charge is 0.192 e. The van der Waals surface area contributed by atoms with Crippen LogP contribution in [0.3, 0.4) is 0 Å². The molecule has 2 heterocycles. The Morgan fingerprint density at radius 3 is 2.44 bits per heavy atom. The highest BCUT2D eigenvalue weighted by molar-refractivity contribution is 8.00. The fraction of sp³-hybridized carbons (Fsp3) is 0.368. The van der Waals surface area contributed by atoms with Gasteiger partial charge in [0.2, 0.25) is 0 Å². The summed E-state index contributed by atoms with van der Waals surface area (Å²) < 4.78 is 0. The average Bonchev–Trinajstić information content (AvgIpc) is 2.80. The van der Waals surface area contributed by atoms with E-state index in [-0.39, 0.29) is 11.6 Å². The topological polar surface area (TPSA) is 86.6 Å². The van der Waals surface area contributed by atoms with Crippen LogP contribution in [0.15, 0.2) is 11.1 Å². The number of nitriles is 1. The number of carbonyl (C=O) groups excluding carboxylic acids is 2. The Kier molecular flexibility index (Phi) is 5.48. The summed E-state index contributed by atoms with van der Waals surface area (Å²) in [5.74, 6) is -0.170.